The van der Waals surface area contributed by atoms with Crippen molar-refractivity contribution in [3.8, 4) is 0 Å². The molecule has 21 heavy (non-hydrogen) atoms. The molecule has 0 radical (unpaired) electrons. The van der Waals surface area contributed by atoms with Crippen LogP contribution in [0.25, 0.3) is 0 Å². The summed E-state index contributed by atoms with van der Waals surface area (Å²) in [5.41, 5.74) is -0.755. The fraction of sp³-hybridized carbons (Fsp3) is 0.385. The smallest absolute Gasteiger partial charge is 0.370 e. The summed E-state index contributed by atoms with van der Waals surface area (Å²) >= 11 is 0. The Morgan fingerprint density at radius 1 is 1.19 bits per heavy atom. The molecule has 8 heteroatoms. The number of halogens is 3. The molecule has 0 aromatic carbocycles. The van der Waals surface area contributed by atoms with Gasteiger partial charge in [-0.3, -0.25) is 4.68 Å². The fourth-order valence-electron chi connectivity index (χ4n) is 1.71. The molecule has 2 aromatic heterocycles. The van der Waals surface area contributed by atoms with Crippen molar-refractivity contribution in [3.63, 3.8) is 0 Å². The van der Waals surface area contributed by atoms with Gasteiger partial charge in [0.25, 0.3) is 0 Å². The first-order valence-electron chi connectivity index (χ1n) is 6.48. The van der Waals surface area contributed by atoms with Crippen LogP contribution >= 0.6 is 0 Å². The lowest BCUT2D eigenvalue weighted by Gasteiger charge is -2.12. The van der Waals surface area contributed by atoms with Crippen LogP contribution in [0.2, 0.25) is 0 Å². The van der Waals surface area contributed by atoms with Crippen LogP contribution in [0.3, 0.4) is 0 Å². The van der Waals surface area contributed by atoms with Crippen LogP contribution in [0.15, 0.2) is 24.4 Å². The minimum atomic E-state index is -4.42. The number of nitrogens with one attached hydrogen (secondary N) is 2. The van der Waals surface area contributed by atoms with Gasteiger partial charge in [0, 0.05) is 25.9 Å². The molecule has 0 spiro atoms. The van der Waals surface area contributed by atoms with Crippen LogP contribution in [0.5, 0.6) is 0 Å². The van der Waals surface area contributed by atoms with E-state index in [1.165, 1.54) is 0 Å². The maximum absolute atomic E-state index is 12.9. The lowest BCUT2D eigenvalue weighted by molar-refractivity contribution is -0.137. The van der Waals surface area contributed by atoms with Gasteiger partial charge in [0.2, 0.25) is 0 Å². The molecule has 0 aliphatic carbocycles. The average molecular weight is 299 g/mol. The second-order valence-corrected chi connectivity index (χ2v) is 4.55. The van der Waals surface area contributed by atoms with E-state index in [1.54, 1.807) is 24.0 Å². The summed E-state index contributed by atoms with van der Waals surface area (Å²) in [6.45, 7) is 2.48. The molecular formula is C13H16F3N5. The standard InChI is InChI=1S/C13H16F3N5/c1-3-5-17-11-7-9(13(14,15)16)8-12(19-11)18-10-4-6-21(2)20-10/h4,6-8H,3,5H2,1-2H3,(H2,17,18,19,20). The molecule has 2 heterocycles. The molecule has 2 aromatic rings. The van der Waals surface area contributed by atoms with E-state index in [4.69, 9.17) is 0 Å². The molecule has 0 atom stereocenters. The van der Waals surface area contributed by atoms with Gasteiger partial charge in [-0.1, -0.05) is 6.92 Å². The van der Waals surface area contributed by atoms with Gasteiger partial charge in [0.1, 0.15) is 11.6 Å². The molecule has 0 bridgehead atoms. The third-order valence-electron chi connectivity index (χ3n) is 2.68. The van der Waals surface area contributed by atoms with E-state index in [-0.39, 0.29) is 11.6 Å². The predicted molar refractivity (Wildman–Crippen MR) is 74.5 cm³/mol. The Bertz CT molecular complexity index is 606. The minimum absolute atomic E-state index is 0.0992. The zero-order valence-electron chi connectivity index (χ0n) is 11.7. The zero-order chi connectivity index (χ0) is 15.5. The van der Waals surface area contributed by atoms with E-state index in [0.717, 1.165) is 18.6 Å². The highest BCUT2D eigenvalue weighted by Crippen LogP contribution is 2.32. The Hall–Kier alpha value is -2.25. The number of nitrogens with zero attached hydrogens (tertiary/aromatic N) is 3. The first-order valence-corrected chi connectivity index (χ1v) is 6.48. The van der Waals surface area contributed by atoms with Crippen molar-refractivity contribution in [2.75, 3.05) is 17.2 Å². The van der Waals surface area contributed by atoms with Gasteiger partial charge in [-0.2, -0.15) is 18.3 Å². The van der Waals surface area contributed by atoms with E-state index in [2.05, 4.69) is 20.7 Å². The molecule has 114 valence electrons. The van der Waals surface area contributed by atoms with Crippen LogP contribution in [0.1, 0.15) is 18.9 Å². The summed E-state index contributed by atoms with van der Waals surface area (Å²) < 4.78 is 40.3. The number of alkyl halides is 3. The van der Waals surface area contributed by atoms with Crippen molar-refractivity contribution < 1.29 is 13.2 Å². The Labute approximate surface area is 120 Å². The van der Waals surface area contributed by atoms with Crippen LogP contribution in [-0.2, 0) is 13.2 Å². The number of hydrogen-bond acceptors (Lipinski definition) is 4. The van der Waals surface area contributed by atoms with E-state index in [1.807, 2.05) is 6.92 Å². The number of hydrogen-bond donors (Lipinski definition) is 2. The molecule has 0 fully saturated rings. The third-order valence-corrected chi connectivity index (χ3v) is 2.68. The van der Waals surface area contributed by atoms with Crippen molar-refractivity contribution in [3.05, 3.63) is 30.0 Å². The summed E-state index contributed by atoms with van der Waals surface area (Å²) in [5, 5.41) is 9.69. The maximum Gasteiger partial charge on any atom is 0.416 e. The largest absolute Gasteiger partial charge is 0.416 e. The van der Waals surface area contributed by atoms with E-state index >= 15 is 0 Å². The van der Waals surface area contributed by atoms with Gasteiger partial charge in [-0.15, -0.1) is 0 Å². The SMILES string of the molecule is CCCNc1cc(C(F)(F)F)cc(Nc2ccn(C)n2)n1. The Morgan fingerprint density at radius 3 is 2.48 bits per heavy atom. The summed E-state index contributed by atoms with van der Waals surface area (Å²) in [4.78, 5) is 4.12. The molecule has 5 nitrogen and oxygen atoms in total. The fourth-order valence-corrected chi connectivity index (χ4v) is 1.71. The van der Waals surface area contributed by atoms with E-state index < -0.39 is 11.7 Å². The number of aromatic nitrogens is 3. The van der Waals surface area contributed by atoms with Crippen molar-refractivity contribution in [1.29, 1.82) is 0 Å². The molecule has 0 saturated heterocycles. The van der Waals surface area contributed by atoms with Crippen LogP contribution in [-0.4, -0.2) is 21.3 Å². The van der Waals surface area contributed by atoms with Gasteiger partial charge in [-0.25, -0.2) is 4.98 Å². The molecule has 0 unspecified atom stereocenters. The Kier molecular flexibility index (Phi) is 4.35. The van der Waals surface area contributed by atoms with Gasteiger partial charge in [-0.05, 0) is 18.6 Å². The second-order valence-electron chi connectivity index (χ2n) is 4.55. The Morgan fingerprint density at radius 2 is 1.90 bits per heavy atom. The minimum Gasteiger partial charge on any atom is -0.370 e. The van der Waals surface area contributed by atoms with Gasteiger partial charge in [0.15, 0.2) is 5.82 Å². The molecule has 2 N–H and O–H groups in total. The zero-order valence-corrected chi connectivity index (χ0v) is 11.7. The van der Waals surface area contributed by atoms with E-state index in [9.17, 15) is 13.2 Å². The molecule has 0 saturated carbocycles. The molecular weight excluding hydrogens is 283 g/mol. The summed E-state index contributed by atoms with van der Waals surface area (Å²) in [5.74, 6) is 0.720. The van der Waals surface area contributed by atoms with Crippen molar-refractivity contribution >= 4 is 17.5 Å². The number of pyridine rings is 1. The van der Waals surface area contributed by atoms with E-state index in [0.29, 0.717) is 12.4 Å². The summed E-state index contributed by atoms with van der Waals surface area (Å²) in [6, 6.07) is 3.62. The summed E-state index contributed by atoms with van der Waals surface area (Å²) in [7, 11) is 1.72. The quantitative estimate of drug-likeness (QED) is 0.888. The first-order chi connectivity index (χ1) is 9.88. The molecule has 0 aliphatic rings. The normalized spacial score (nSPS) is 11.5. The summed E-state index contributed by atoms with van der Waals surface area (Å²) in [6.07, 6.45) is -1.95. The van der Waals surface area contributed by atoms with Gasteiger partial charge >= 0.3 is 6.18 Å². The monoisotopic (exact) mass is 299 g/mol. The highest BCUT2D eigenvalue weighted by atomic mass is 19.4. The average Bonchev–Trinajstić information content (AvgIpc) is 2.80. The topological polar surface area (TPSA) is 54.8 Å². The second kappa shape index (κ2) is 6.02. The van der Waals surface area contributed by atoms with Crippen LogP contribution in [0.4, 0.5) is 30.6 Å². The molecule has 0 aliphatic heterocycles. The highest BCUT2D eigenvalue weighted by molar-refractivity contribution is 5.56. The Balaban J connectivity index is 2.30. The molecule has 2 rings (SSSR count). The number of anilines is 3. The van der Waals surface area contributed by atoms with Crippen molar-refractivity contribution in [1.82, 2.24) is 14.8 Å². The van der Waals surface area contributed by atoms with Crippen molar-refractivity contribution in [2.45, 2.75) is 19.5 Å². The molecule has 0 amide bonds. The third kappa shape index (κ3) is 4.11. The lowest BCUT2D eigenvalue weighted by Crippen LogP contribution is -2.10. The van der Waals surface area contributed by atoms with Crippen LogP contribution < -0.4 is 10.6 Å². The van der Waals surface area contributed by atoms with Gasteiger partial charge < -0.3 is 10.6 Å². The predicted octanol–water partition coefficient (Wildman–Crippen LogP) is 3.40. The first kappa shape index (κ1) is 15.1. The number of rotatable bonds is 5. The van der Waals surface area contributed by atoms with Gasteiger partial charge in [0.05, 0.1) is 5.56 Å². The lowest BCUT2D eigenvalue weighted by atomic mass is 10.2. The van der Waals surface area contributed by atoms with Crippen LogP contribution in [0, 0.1) is 0 Å². The number of aryl methyl sites for hydroxylation is 1. The van der Waals surface area contributed by atoms with Crippen molar-refractivity contribution in [2.24, 2.45) is 7.05 Å². The highest BCUT2D eigenvalue weighted by Gasteiger charge is 2.31. The maximum atomic E-state index is 12.9.